The van der Waals surface area contributed by atoms with Crippen molar-refractivity contribution in [1.29, 1.82) is 0 Å². The van der Waals surface area contributed by atoms with Gasteiger partial charge in [-0.3, -0.25) is 9.59 Å². The Morgan fingerprint density at radius 1 is 0.960 bits per heavy atom. The Morgan fingerprint density at radius 2 is 1.60 bits per heavy atom. The van der Waals surface area contributed by atoms with E-state index in [-0.39, 0.29) is 11.5 Å². The molecular formula is C19H20N2O4. The number of hydrogen-bond donors (Lipinski definition) is 2. The Hall–Kier alpha value is -3.15. The number of esters is 1. The maximum absolute atomic E-state index is 12.2. The zero-order valence-electron chi connectivity index (χ0n) is 14.3. The molecule has 0 aliphatic heterocycles. The lowest BCUT2D eigenvalue weighted by atomic mass is 10.2. The molecule has 0 aliphatic carbocycles. The summed E-state index contributed by atoms with van der Waals surface area (Å²) in [5.74, 6) is -1.30. The second-order valence-electron chi connectivity index (χ2n) is 5.67. The lowest BCUT2D eigenvalue weighted by Gasteiger charge is -2.14. The van der Waals surface area contributed by atoms with Crippen molar-refractivity contribution >= 4 is 29.2 Å². The van der Waals surface area contributed by atoms with Crippen LogP contribution in [0, 0.1) is 6.92 Å². The van der Waals surface area contributed by atoms with E-state index in [1.54, 1.807) is 24.3 Å². The van der Waals surface area contributed by atoms with Gasteiger partial charge in [0.25, 0.3) is 5.91 Å². The number of amides is 2. The molecule has 0 radical (unpaired) electrons. The number of rotatable bonds is 5. The molecule has 2 N–H and O–H groups in total. The lowest BCUT2D eigenvalue weighted by molar-refractivity contribution is -0.123. The fourth-order valence-electron chi connectivity index (χ4n) is 2.18. The molecule has 0 heterocycles. The molecule has 0 saturated carbocycles. The highest BCUT2D eigenvalue weighted by atomic mass is 16.5. The van der Waals surface area contributed by atoms with E-state index in [4.69, 9.17) is 4.74 Å². The van der Waals surface area contributed by atoms with Crippen LogP contribution in [0.3, 0.4) is 0 Å². The molecule has 25 heavy (non-hydrogen) atoms. The maximum Gasteiger partial charge on any atom is 0.338 e. The van der Waals surface area contributed by atoms with Gasteiger partial charge in [-0.2, -0.15) is 0 Å². The zero-order chi connectivity index (χ0) is 18.4. The first-order chi connectivity index (χ1) is 11.8. The first-order valence-corrected chi connectivity index (χ1v) is 7.81. The molecule has 1 atom stereocenters. The van der Waals surface area contributed by atoms with Crippen LogP contribution in [0.5, 0.6) is 0 Å². The quantitative estimate of drug-likeness (QED) is 0.819. The molecule has 0 spiro atoms. The molecule has 2 aromatic rings. The number of aryl methyl sites for hydroxylation is 1. The summed E-state index contributed by atoms with van der Waals surface area (Å²) < 4.78 is 5.20. The van der Waals surface area contributed by atoms with Crippen LogP contribution in [0.15, 0.2) is 48.5 Å². The summed E-state index contributed by atoms with van der Waals surface area (Å²) in [7, 11) is 0. The molecule has 0 fully saturated rings. The zero-order valence-corrected chi connectivity index (χ0v) is 14.3. The van der Waals surface area contributed by atoms with E-state index in [2.05, 4.69) is 10.6 Å². The summed E-state index contributed by atoms with van der Waals surface area (Å²) in [6.07, 6.45) is -0.961. The van der Waals surface area contributed by atoms with Gasteiger partial charge >= 0.3 is 5.97 Å². The van der Waals surface area contributed by atoms with Crippen molar-refractivity contribution in [3.63, 3.8) is 0 Å². The van der Waals surface area contributed by atoms with E-state index in [1.807, 2.05) is 25.1 Å². The van der Waals surface area contributed by atoms with Gasteiger partial charge in [-0.1, -0.05) is 18.2 Å². The van der Waals surface area contributed by atoms with Gasteiger partial charge in [0.1, 0.15) is 0 Å². The largest absolute Gasteiger partial charge is 0.449 e. The van der Waals surface area contributed by atoms with Crippen molar-refractivity contribution in [1.82, 2.24) is 0 Å². The highest BCUT2D eigenvalue weighted by molar-refractivity contribution is 5.98. The number of ether oxygens (including phenoxy) is 1. The van der Waals surface area contributed by atoms with E-state index in [1.165, 1.54) is 19.9 Å². The number of carbonyl (C=O) groups is 3. The highest BCUT2D eigenvalue weighted by Crippen LogP contribution is 2.14. The average Bonchev–Trinajstić information content (AvgIpc) is 2.54. The van der Waals surface area contributed by atoms with Crippen LogP contribution in [0.4, 0.5) is 11.4 Å². The smallest absolute Gasteiger partial charge is 0.338 e. The molecule has 6 heteroatoms. The fraction of sp³-hybridized carbons (Fsp3) is 0.211. The summed E-state index contributed by atoms with van der Waals surface area (Å²) in [5.41, 5.74) is 2.39. The molecular weight excluding hydrogens is 320 g/mol. The Morgan fingerprint density at radius 3 is 2.24 bits per heavy atom. The second-order valence-corrected chi connectivity index (χ2v) is 5.67. The predicted octanol–water partition coefficient (Wildman–Crippen LogP) is 3.14. The van der Waals surface area contributed by atoms with E-state index in [9.17, 15) is 14.4 Å². The molecule has 6 nitrogen and oxygen atoms in total. The van der Waals surface area contributed by atoms with Crippen molar-refractivity contribution in [2.24, 2.45) is 0 Å². The van der Waals surface area contributed by atoms with E-state index >= 15 is 0 Å². The fourth-order valence-corrected chi connectivity index (χ4v) is 2.18. The SMILES string of the molecule is CC(=O)Nc1cccc(C(=O)O[C@@H](C)C(=O)Nc2cccc(C)c2)c1. The van der Waals surface area contributed by atoms with Gasteiger partial charge in [0.05, 0.1) is 5.56 Å². The molecule has 2 aromatic carbocycles. The Bertz CT molecular complexity index is 802. The van der Waals surface area contributed by atoms with Gasteiger partial charge in [-0.05, 0) is 49.7 Å². The Labute approximate surface area is 146 Å². The third kappa shape index (κ3) is 5.46. The minimum atomic E-state index is -0.961. The molecule has 2 amide bonds. The monoisotopic (exact) mass is 340 g/mol. The minimum Gasteiger partial charge on any atom is -0.449 e. The number of carbonyl (C=O) groups excluding carboxylic acids is 3. The molecule has 0 saturated heterocycles. The van der Waals surface area contributed by atoms with E-state index in [0.717, 1.165) is 5.56 Å². The van der Waals surface area contributed by atoms with Gasteiger partial charge in [0, 0.05) is 18.3 Å². The van der Waals surface area contributed by atoms with E-state index in [0.29, 0.717) is 11.4 Å². The average molecular weight is 340 g/mol. The van der Waals surface area contributed by atoms with Gasteiger partial charge in [-0.25, -0.2) is 4.79 Å². The first-order valence-electron chi connectivity index (χ1n) is 7.81. The molecule has 0 bridgehead atoms. The summed E-state index contributed by atoms with van der Waals surface area (Å²) in [5, 5.41) is 5.29. The summed E-state index contributed by atoms with van der Waals surface area (Å²) in [4.78, 5) is 35.4. The summed E-state index contributed by atoms with van der Waals surface area (Å²) in [6.45, 7) is 4.80. The molecule has 0 aliphatic rings. The van der Waals surface area contributed by atoms with Crippen molar-refractivity contribution in [2.45, 2.75) is 26.9 Å². The first kappa shape index (κ1) is 18.2. The van der Waals surface area contributed by atoms with Crippen molar-refractivity contribution in [2.75, 3.05) is 10.6 Å². The standard InChI is InChI=1S/C19H20N2O4/c1-12-6-4-8-16(10-12)21-18(23)13(2)25-19(24)15-7-5-9-17(11-15)20-14(3)22/h4-11,13H,1-3H3,(H,20,22)(H,21,23)/t13-/m0/s1. The third-order valence-corrected chi connectivity index (χ3v) is 3.36. The number of hydrogen-bond acceptors (Lipinski definition) is 4. The Balaban J connectivity index is 1.99. The van der Waals surface area contributed by atoms with Crippen LogP contribution in [-0.4, -0.2) is 23.9 Å². The molecule has 130 valence electrons. The van der Waals surface area contributed by atoms with Crippen LogP contribution in [0.2, 0.25) is 0 Å². The Kier molecular flexibility index (Phi) is 5.89. The third-order valence-electron chi connectivity index (χ3n) is 3.36. The van der Waals surface area contributed by atoms with Gasteiger partial charge in [-0.15, -0.1) is 0 Å². The number of nitrogens with one attached hydrogen (secondary N) is 2. The molecule has 2 rings (SSSR count). The summed E-state index contributed by atoms with van der Waals surface area (Å²) in [6, 6.07) is 13.7. The molecule has 0 aromatic heterocycles. The maximum atomic E-state index is 12.2. The molecule has 0 unspecified atom stereocenters. The van der Waals surface area contributed by atoms with Gasteiger partial charge in [0.15, 0.2) is 6.10 Å². The number of benzene rings is 2. The predicted molar refractivity (Wildman–Crippen MR) is 95.4 cm³/mol. The van der Waals surface area contributed by atoms with Crippen LogP contribution in [-0.2, 0) is 14.3 Å². The highest BCUT2D eigenvalue weighted by Gasteiger charge is 2.19. The van der Waals surface area contributed by atoms with Crippen molar-refractivity contribution < 1.29 is 19.1 Å². The summed E-state index contributed by atoms with van der Waals surface area (Å²) >= 11 is 0. The normalized spacial score (nSPS) is 11.3. The van der Waals surface area contributed by atoms with Crippen LogP contribution >= 0.6 is 0 Å². The van der Waals surface area contributed by atoms with E-state index < -0.39 is 18.0 Å². The van der Waals surface area contributed by atoms with Crippen LogP contribution in [0.1, 0.15) is 29.8 Å². The number of anilines is 2. The van der Waals surface area contributed by atoms with Crippen LogP contribution < -0.4 is 10.6 Å². The topological polar surface area (TPSA) is 84.5 Å². The minimum absolute atomic E-state index is 0.239. The van der Waals surface area contributed by atoms with Crippen molar-refractivity contribution in [3.8, 4) is 0 Å². The van der Waals surface area contributed by atoms with Crippen LogP contribution in [0.25, 0.3) is 0 Å². The van der Waals surface area contributed by atoms with Gasteiger partial charge < -0.3 is 15.4 Å². The van der Waals surface area contributed by atoms with Crippen molar-refractivity contribution in [3.05, 3.63) is 59.7 Å². The van der Waals surface area contributed by atoms with Gasteiger partial charge in [0.2, 0.25) is 5.91 Å². The lowest BCUT2D eigenvalue weighted by Crippen LogP contribution is -2.30. The second kappa shape index (κ2) is 8.10.